The topological polar surface area (TPSA) is 17.1 Å². The van der Waals surface area contributed by atoms with E-state index in [1.165, 1.54) is 0 Å². The van der Waals surface area contributed by atoms with Gasteiger partial charge in [-0.05, 0) is 12.5 Å². The van der Waals surface area contributed by atoms with Crippen LogP contribution in [0.25, 0.3) is 6.08 Å². The summed E-state index contributed by atoms with van der Waals surface area (Å²) in [6.45, 7) is 1.71. The van der Waals surface area contributed by atoms with E-state index >= 15 is 0 Å². The van der Waals surface area contributed by atoms with Crippen molar-refractivity contribution in [2.45, 2.75) is 13.3 Å². The van der Waals surface area contributed by atoms with E-state index in [4.69, 9.17) is 0 Å². The number of carbonyl (C=O) groups excluding carboxylic acids is 1. The minimum atomic E-state index is -0.218. The first-order chi connectivity index (χ1) is 6.25. The average Bonchev–Trinajstić information content (AvgIpc) is 2.13. The molecule has 0 aliphatic rings. The first kappa shape index (κ1) is 9.65. The van der Waals surface area contributed by atoms with Crippen molar-refractivity contribution in [2.75, 3.05) is 0 Å². The summed E-state index contributed by atoms with van der Waals surface area (Å²) in [5, 5.41) is 0. The maximum absolute atomic E-state index is 13.3. The molecule has 0 saturated heterocycles. The molecule has 68 valence electrons. The fraction of sp³-hybridized carbons (Fsp3) is 0.182. The molecule has 0 N–H and O–H groups in total. The van der Waals surface area contributed by atoms with Crippen LogP contribution in [0.2, 0.25) is 0 Å². The smallest absolute Gasteiger partial charge is 0.133 e. The van der Waals surface area contributed by atoms with Gasteiger partial charge in [0.2, 0.25) is 0 Å². The lowest BCUT2D eigenvalue weighted by Gasteiger charge is -1.98. The largest absolute Gasteiger partial charge is 0.303 e. The van der Waals surface area contributed by atoms with Crippen molar-refractivity contribution in [1.82, 2.24) is 0 Å². The molecule has 0 spiro atoms. The molecule has 0 aromatic heterocycles. The molecule has 2 heteroatoms. The summed E-state index contributed by atoms with van der Waals surface area (Å²) in [4.78, 5) is 10.0. The Labute approximate surface area is 76.9 Å². The number of hydrogen-bond donors (Lipinski definition) is 0. The van der Waals surface area contributed by atoms with Crippen molar-refractivity contribution in [3.05, 3.63) is 41.2 Å². The van der Waals surface area contributed by atoms with E-state index in [9.17, 15) is 9.18 Å². The highest BCUT2D eigenvalue weighted by Crippen LogP contribution is 2.13. The van der Waals surface area contributed by atoms with Crippen LogP contribution in [0.3, 0.4) is 0 Å². The minimum absolute atomic E-state index is 0.218. The summed E-state index contributed by atoms with van der Waals surface area (Å²) < 4.78 is 13.3. The van der Waals surface area contributed by atoms with Crippen LogP contribution in [0.4, 0.5) is 4.39 Å². The Kier molecular flexibility index (Phi) is 3.38. The van der Waals surface area contributed by atoms with Gasteiger partial charge in [0.1, 0.15) is 12.1 Å². The van der Waals surface area contributed by atoms with E-state index in [1.54, 1.807) is 37.3 Å². The highest BCUT2D eigenvalue weighted by molar-refractivity contribution is 5.58. The van der Waals surface area contributed by atoms with E-state index in [0.29, 0.717) is 17.5 Å². The summed E-state index contributed by atoms with van der Waals surface area (Å²) in [5.41, 5.74) is 1.15. The molecule has 0 bridgehead atoms. The van der Waals surface area contributed by atoms with Gasteiger partial charge < -0.3 is 4.79 Å². The molecular formula is C11H11FO. The van der Waals surface area contributed by atoms with Gasteiger partial charge in [-0.15, -0.1) is 0 Å². The first-order valence-electron chi connectivity index (χ1n) is 4.11. The van der Waals surface area contributed by atoms with Crippen molar-refractivity contribution >= 4 is 12.4 Å². The molecule has 1 aromatic rings. The summed E-state index contributed by atoms with van der Waals surface area (Å²) in [5.74, 6) is -0.218. The van der Waals surface area contributed by atoms with Crippen LogP contribution in [-0.2, 0) is 4.79 Å². The zero-order chi connectivity index (χ0) is 9.68. The number of allylic oxidation sites excluding steroid dienone is 1. The second-order valence-corrected chi connectivity index (χ2v) is 2.78. The van der Waals surface area contributed by atoms with Gasteiger partial charge in [0.15, 0.2) is 0 Å². The van der Waals surface area contributed by atoms with Crippen molar-refractivity contribution in [3.8, 4) is 0 Å². The molecule has 0 unspecified atom stereocenters. The summed E-state index contributed by atoms with van der Waals surface area (Å²) in [6, 6.07) is 5.19. The van der Waals surface area contributed by atoms with Crippen LogP contribution in [0.15, 0.2) is 24.3 Å². The lowest BCUT2D eigenvalue weighted by atomic mass is 10.1. The Bertz CT molecular complexity index is 329. The minimum Gasteiger partial charge on any atom is -0.303 e. The molecule has 0 amide bonds. The molecule has 0 radical (unpaired) electrons. The van der Waals surface area contributed by atoms with Gasteiger partial charge in [-0.2, -0.15) is 0 Å². The van der Waals surface area contributed by atoms with Gasteiger partial charge in [-0.3, -0.25) is 0 Å². The number of carbonyl (C=O) groups is 1. The lowest BCUT2D eigenvalue weighted by Crippen LogP contribution is -1.85. The lowest BCUT2D eigenvalue weighted by molar-refractivity contribution is -0.107. The number of aldehydes is 1. The second kappa shape index (κ2) is 4.55. The van der Waals surface area contributed by atoms with Crippen LogP contribution < -0.4 is 0 Å². The van der Waals surface area contributed by atoms with Crippen molar-refractivity contribution in [1.29, 1.82) is 0 Å². The van der Waals surface area contributed by atoms with Crippen molar-refractivity contribution in [3.63, 3.8) is 0 Å². The van der Waals surface area contributed by atoms with Gasteiger partial charge in [0.05, 0.1) is 0 Å². The molecule has 0 fully saturated rings. The Balaban J connectivity index is 2.88. The molecule has 0 aliphatic carbocycles. The fourth-order valence-electron chi connectivity index (χ4n) is 1.05. The Morgan fingerprint density at radius 2 is 2.23 bits per heavy atom. The Hall–Kier alpha value is -1.44. The SMILES string of the molecule is Cc1cccc(C=CCC=O)c1F. The summed E-state index contributed by atoms with van der Waals surface area (Å²) in [7, 11) is 0. The Morgan fingerprint density at radius 3 is 2.92 bits per heavy atom. The summed E-state index contributed by atoms with van der Waals surface area (Å²) in [6.07, 6.45) is 4.37. The fourth-order valence-corrected chi connectivity index (χ4v) is 1.05. The van der Waals surface area contributed by atoms with Gasteiger partial charge in [-0.25, -0.2) is 4.39 Å². The average molecular weight is 178 g/mol. The van der Waals surface area contributed by atoms with E-state index in [0.717, 1.165) is 6.29 Å². The molecule has 0 aliphatic heterocycles. The number of hydrogen-bond acceptors (Lipinski definition) is 1. The van der Waals surface area contributed by atoms with E-state index in [-0.39, 0.29) is 5.82 Å². The predicted molar refractivity (Wildman–Crippen MR) is 50.9 cm³/mol. The van der Waals surface area contributed by atoms with Gasteiger partial charge >= 0.3 is 0 Å². The first-order valence-corrected chi connectivity index (χ1v) is 4.11. The molecular weight excluding hydrogens is 167 g/mol. The maximum atomic E-state index is 13.3. The summed E-state index contributed by atoms with van der Waals surface area (Å²) >= 11 is 0. The number of rotatable bonds is 3. The monoisotopic (exact) mass is 178 g/mol. The van der Waals surface area contributed by atoms with Crippen LogP contribution in [-0.4, -0.2) is 6.29 Å². The molecule has 1 nitrogen and oxygen atoms in total. The Morgan fingerprint density at radius 1 is 1.46 bits per heavy atom. The third-order valence-electron chi connectivity index (χ3n) is 1.75. The molecule has 0 heterocycles. The van der Waals surface area contributed by atoms with Gasteiger partial charge in [0.25, 0.3) is 0 Å². The third kappa shape index (κ3) is 2.51. The maximum Gasteiger partial charge on any atom is 0.133 e. The molecule has 0 saturated carbocycles. The molecule has 1 aromatic carbocycles. The zero-order valence-corrected chi connectivity index (χ0v) is 7.46. The predicted octanol–water partition coefficient (Wildman–Crippen LogP) is 2.74. The second-order valence-electron chi connectivity index (χ2n) is 2.78. The van der Waals surface area contributed by atoms with Gasteiger partial charge in [-0.1, -0.05) is 30.4 Å². The highest BCUT2D eigenvalue weighted by Gasteiger charge is 1.99. The van der Waals surface area contributed by atoms with Gasteiger partial charge in [0, 0.05) is 12.0 Å². The van der Waals surface area contributed by atoms with Crippen molar-refractivity contribution in [2.24, 2.45) is 0 Å². The van der Waals surface area contributed by atoms with Crippen LogP contribution >= 0.6 is 0 Å². The van der Waals surface area contributed by atoms with E-state index in [1.807, 2.05) is 0 Å². The van der Waals surface area contributed by atoms with E-state index < -0.39 is 0 Å². The van der Waals surface area contributed by atoms with Crippen LogP contribution in [0, 0.1) is 12.7 Å². The van der Waals surface area contributed by atoms with E-state index in [2.05, 4.69) is 0 Å². The standard InChI is InChI=1S/C11H11FO/c1-9-5-4-7-10(11(9)12)6-2-3-8-13/h2,4-8H,3H2,1H3. The number of aryl methyl sites for hydroxylation is 1. The highest BCUT2D eigenvalue weighted by atomic mass is 19.1. The third-order valence-corrected chi connectivity index (χ3v) is 1.75. The quantitative estimate of drug-likeness (QED) is 0.650. The van der Waals surface area contributed by atoms with Crippen molar-refractivity contribution < 1.29 is 9.18 Å². The molecule has 1 rings (SSSR count). The molecule has 0 atom stereocenters. The normalized spacial score (nSPS) is 10.6. The number of halogens is 1. The zero-order valence-electron chi connectivity index (χ0n) is 7.46. The van der Waals surface area contributed by atoms with Crippen LogP contribution in [0.5, 0.6) is 0 Å². The molecule has 13 heavy (non-hydrogen) atoms. The van der Waals surface area contributed by atoms with Crippen LogP contribution in [0.1, 0.15) is 17.5 Å². The number of benzene rings is 1.